The Bertz CT molecular complexity index is 1160. The van der Waals surface area contributed by atoms with E-state index in [1.165, 1.54) is 11.0 Å². The molecule has 0 heterocycles. The predicted molar refractivity (Wildman–Crippen MR) is 140 cm³/mol. The van der Waals surface area contributed by atoms with Crippen LogP contribution >= 0.6 is 11.6 Å². The van der Waals surface area contributed by atoms with Gasteiger partial charge in [0.05, 0.1) is 11.9 Å². The summed E-state index contributed by atoms with van der Waals surface area (Å²) in [6.07, 6.45) is 5.07. The van der Waals surface area contributed by atoms with Crippen molar-refractivity contribution in [3.05, 3.63) is 64.2 Å². The van der Waals surface area contributed by atoms with Gasteiger partial charge in [-0.2, -0.15) is 0 Å². The minimum Gasteiger partial charge on any atom is -0.352 e. The molecule has 7 nitrogen and oxygen atoms in total. The third kappa shape index (κ3) is 7.21. The second-order valence-electron chi connectivity index (χ2n) is 9.37. The fourth-order valence-corrected chi connectivity index (χ4v) is 5.38. The molecular formula is C26H34ClN3O4S. The van der Waals surface area contributed by atoms with E-state index in [1.54, 1.807) is 26.0 Å². The lowest BCUT2D eigenvalue weighted by atomic mass is 10.1. The Labute approximate surface area is 213 Å². The molecule has 35 heavy (non-hydrogen) atoms. The van der Waals surface area contributed by atoms with E-state index >= 15 is 0 Å². The number of hydrogen-bond donors (Lipinski definition) is 1. The van der Waals surface area contributed by atoms with Gasteiger partial charge >= 0.3 is 0 Å². The fraction of sp³-hybridized carbons (Fsp3) is 0.462. The topological polar surface area (TPSA) is 86.8 Å². The van der Waals surface area contributed by atoms with Gasteiger partial charge in [0.15, 0.2) is 0 Å². The number of anilines is 1. The Morgan fingerprint density at radius 2 is 1.71 bits per heavy atom. The van der Waals surface area contributed by atoms with Crippen molar-refractivity contribution in [2.75, 3.05) is 17.1 Å². The number of carbonyl (C=O) groups excluding carboxylic acids is 2. The summed E-state index contributed by atoms with van der Waals surface area (Å²) in [6, 6.07) is 12.0. The van der Waals surface area contributed by atoms with E-state index < -0.39 is 28.5 Å². The van der Waals surface area contributed by atoms with Gasteiger partial charge in [0.1, 0.15) is 12.6 Å². The van der Waals surface area contributed by atoms with Crippen LogP contribution in [-0.2, 0) is 26.2 Å². The molecule has 2 aromatic carbocycles. The number of carbonyl (C=O) groups is 2. The van der Waals surface area contributed by atoms with E-state index in [-0.39, 0.29) is 18.5 Å². The van der Waals surface area contributed by atoms with Crippen LogP contribution in [0.15, 0.2) is 42.5 Å². The monoisotopic (exact) mass is 519 g/mol. The zero-order valence-corrected chi connectivity index (χ0v) is 22.3. The lowest BCUT2D eigenvalue weighted by Gasteiger charge is -2.32. The van der Waals surface area contributed by atoms with Crippen molar-refractivity contribution < 1.29 is 18.0 Å². The molecule has 0 spiro atoms. The van der Waals surface area contributed by atoms with Gasteiger partial charge in [-0.1, -0.05) is 60.3 Å². The van der Waals surface area contributed by atoms with Crippen LogP contribution in [0.2, 0.25) is 5.02 Å². The van der Waals surface area contributed by atoms with Gasteiger partial charge in [-0.3, -0.25) is 13.9 Å². The Balaban J connectivity index is 1.90. The quantitative estimate of drug-likeness (QED) is 0.538. The highest BCUT2D eigenvalue weighted by molar-refractivity contribution is 7.92. The highest BCUT2D eigenvalue weighted by Crippen LogP contribution is 2.27. The summed E-state index contributed by atoms with van der Waals surface area (Å²) in [5.41, 5.74) is 2.95. The van der Waals surface area contributed by atoms with Crippen molar-refractivity contribution in [3.63, 3.8) is 0 Å². The summed E-state index contributed by atoms with van der Waals surface area (Å²) in [4.78, 5) is 28.2. The smallest absolute Gasteiger partial charge is 0.244 e. The third-order valence-electron chi connectivity index (χ3n) is 6.46. The number of aryl methyl sites for hydroxylation is 2. The summed E-state index contributed by atoms with van der Waals surface area (Å²) in [7, 11) is -3.80. The van der Waals surface area contributed by atoms with Gasteiger partial charge in [-0.15, -0.1) is 0 Å². The molecule has 3 rings (SSSR count). The molecule has 2 aromatic rings. The van der Waals surface area contributed by atoms with Gasteiger partial charge in [-0.05, 0) is 56.9 Å². The lowest BCUT2D eigenvalue weighted by molar-refractivity contribution is -0.139. The van der Waals surface area contributed by atoms with Crippen molar-refractivity contribution in [2.45, 2.75) is 65.1 Å². The second kappa shape index (κ2) is 11.4. The molecule has 0 saturated heterocycles. The molecule has 0 aromatic heterocycles. The van der Waals surface area contributed by atoms with Crippen molar-refractivity contribution in [3.8, 4) is 0 Å². The third-order valence-corrected chi connectivity index (χ3v) is 7.82. The molecule has 1 aliphatic rings. The van der Waals surface area contributed by atoms with Crippen LogP contribution in [-0.4, -0.2) is 50.0 Å². The maximum atomic E-state index is 13.6. The van der Waals surface area contributed by atoms with Crippen LogP contribution in [0, 0.1) is 13.8 Å². The van der Waals surface area contributed by atoms with Crippen molar-refractivity contribution in [1.29, 1.82) is 0 Å². The van der Waals surface area contributed by atoms with Crippen LogP contribution in [0.25, 0.3) is 0 Å². The molecule has 190 valence electrons. The number of sulfonamides is 1. The second-order valence-corrected chi connectivity index (χ2v) is 11.7. The Hall–Kier alpha value is -2.58. The van der Waals surface area contributed by atoms with E-state index in [4.69, 9.17) is 11.6 Å². The van der Waals surface area contributed by atoms with Crippen LogP contribution < -0.4 is 9.62 Å². The van der Waals surface area contributed by atoms with Crippen LogP contribution in [0.5, 0.6) is 0 Å². The first-order valence-corrected chi connectivity index (χ1v) is 14.1. The van der Waals surface area contributed by atoms with E-state index in [0.29, 0.717) is 16.3 Å². The van der Waals surface area contributed by atoms with E-state index in [0.717, 1.165) is 47.4 Å². The minimum atomic E-state index is -3.80. The molecular weight excluding hydrogens is 486 g/mol. The molecule has 0 radical (unpaired) electrons. The van der Waals surface area contributed by atoms with Crippen molar-refractivity contribution >= 4 is 39.1 Å². The average molecular weight is 520 g/mol. The van der Waals surface area contributed by atoms with Crippen LogP contribution in [0.4, 0.5) is 5.69 Å². The number of halogens is 1. The number of rotatable bonds is 9. The van der Waals surface area contributed by atoms with Crippen molar-refractivity contribution in [2.24, 2.45) is 0 Å². The predicted octanol–water partition coefficient (Wildman–Crippen LogP) is 4.20. The molecule has 1 saturated carbocycles. The van der Waals surface area contributed by atoms with Gasteiger partial charge in [0, 0.05) is 17.6 Å². The summed E-state index contributed by atoms with van der Waals surface area (Å²) < 4.78 is 26.5. The highest BCUT2D eigenvalue weighted by Gasteiger charge is 2.31. The molecule has 1 unspecified atom stereocenters. The number of benzene rings is 2. The molecule has 1 fully saturated rings. The molecule has 1 aliphatic carbocycles. The van der Waals surface area contributed by atoms with Gasteiger partial charge in [-0.25, -0.2) is 8.42 Å². The first-order valence-electron chi connectivity index (χ1n) is 11.8. The summed E-state index contributed by atoms with van der Waals surface area (Å²) in [5.74, 6) is -0.702. The Kier molecular flexibility index (Phi) is 8.83. The summed E-state index contributed by atoms with van der Waals surface area (Å²) >= 11 is 6.13. The number of hydrogen-bond acceptors (Lipinski definition) is 4. The lowest BCUT2D eigenvalue weighted by Crippen LogP contribution is -2.52. The zero-order chi connectivity index (χ0) is 25.8. The van der Waals surface area contributed by atoms with E-state index in [1.807, 2.05) is 31.2 Å². The SMILES string of the molecule is Cc1ccc(CN(C(=O)CN(c2cc(Cl)ccc2C)S(C)(=O)=O)C(C)C(=O)NC2CCCC2)cc1. The Morgan fingerprint density at radius 3 is 2.31 bits per heavy atom. The molecule has 0 bridgehead atoms. The maximum absolute atomic E-state index is 13.6. The highest BCUT2D eigenvalue weighted by atomic mass is 35.5. The largest absolute Gasteiger partial charge is 0.352 e. The normalized spacial score (nSPS) is 15.0. The van der Waals surface area contributed by atoms with Gasteiger partial charge < -0.3 is 10.2 Å². The molecule has 1 N–H and O–H groups in total. The minimum absolute atomic E-state index is 0.114. The average Bonchev–Trinajstić information content (AvgIpc) is 3.30. The van der Waals surface area contributed by atoms with Crippen molar-refractivity contribution in [1.82, 2.24) is 10.2 Å². The van der Waals surface area contributed by atoms with Gasteiger partial charge in [0.2, 0.25) is 21.8 Å². The van der Waals surface area contributed by atoms with E-state index in [2.05, 4.69) is 5.32 Å². The first kappa shape index (κ1) is 27.0. The van der Waals surface area contributed by atoms with Gasteiger partial charge in [0.25, 0.3) is 0 Å². The first-order chi connectivity index (χ1) is 16.5. The number of nitrogens with zero attached hydrogens (tertiary/aromatic N) is 2. The van der Waals surface area contributed by atoms with E-state index in [9.17, 15) is 18.0 Å². The van der Waals surface area contributed by atoms with Crippen LogP contribution in [0.1, 0.15) is 49.3 Å². The summed E-state index contributed by atoms with van der Waals surface area (Å²) in [5, 5.41) is 3.43. The Morgan fingerprint density at radius 1 is 1.09 bits per heavy atom. The maximum Gasteiger partial charge on any atom is 0.244 e. The summed E-state index contributed by atoms with van der Waals surface area (Å²) in [6.45, 7) is 5.17. The number of nitrogens with one attached hydrogen (secondary N) is 1. The van der Waals surface area contributed by atoms with Crippen LogP contribution in [0.3, 0.4) is 0 Å². The standard InChI is InChI=1S/C26H34ClN3O4S/c1-18-9-12-21(13-10-18)16-29(20(3)26(32)28-23-7-5-6-8-23)25(31)17-30(35(4,33)34)24-15-22(27)14-11-19(24)2/h9-15,20,23H,5-8,16-17H2,1-4H3,(H,28,32). The molecule has 0 aliphatic heterocycles. The molecule has 1 atom stereocenters. The molecule has 9 heteroatoms. The number of amides is 2. The fourth-order valence-electron chi connectivity index (χ4n) is 4.31. The zero-order valence-electron chi connectivity index (χ0n) is 20.8. The molecule has 2 amide bonds.